The van der Waals surface area contributed by atoms with E-state index in [-0.39, 0.29) is 12.1 Å². The first-order valence-corrected chi connectivity index (χ1v) is 9.03. The summed E-state index contributed by atoms with van der Waals surface area (Å²) in [6.45, 7) is 11.1. The van der Waals surface area contributed by atoms with E-state index in [1.807, 2.05) is 25.7 Å². The van der Waals surface area contributed by atoms with Crippen molar-refractivity contribution in [2.24, 2.45) is 5.92 Å². The van der Waals surface area contributed by atoms with Gasteiger partial charge >= 0.3 is 6.09 Å². The molecule has 4 heteroatoms. The third-order valence-corrected chi connectivity index (χ3v) is 5.16. The molecule has 0 aromatic heterocycles. The van der Waals surface area contributed by atoms with Crippen molar-refractivity contribution in [2.45, 2.75) is 96.9 Å². The first-order chi connectivity index (χ1) is 10.3. The zero-order valence-electron chi connectivity index (χ0n) is 15.0. The lowest BCUT2D eigenvalue weighted by molar-refractivity contribution is 0.00542. The van der Waals surface area contributed by atoms with Gasteiger partial charge in [0.25, 0.3) is 0 Å². The summed E-state index contributed by atoms with van der Waals surface area (Å²) < 4.78 is 5.57. The third kappa shape index (κ3) is 4.61. The molecule has 0 radical (unpaired) electrons. The van der Waals surface area contributed by atoms with Crippen LogP contribution < -0.4 is 5.32 Å². The molecule has 2 rings (SSSR count). The molecule has 0 aromatic carbocycles. The quantitative estimate of drug-likeness (QED) is 0.840. The second kappa shape index (κ2) is 7.20. The molecule has 2 fully saturated rings. The maximum absolute atomic E-state index is 12.4. The maximum atomic E-state index is 12.4. The fourth-order valence-electron chi connectivity index (χ4n) is 3.78. The highest BCUT2D eigenvalue weighted by Crippen LogP contribution is 2.27. The number of hydrogen-bond acceptors (Lipinski definition) is 3. The summed E-state index contributed by atoms with van der Waals surface area (Å²) in [4.78, 5) is 14.3. The molecule has 0 bridgehead atoms. The monoisotopic (exact) mass is 310 g/mol. The average molecular weight is 310 g/mol. The van der Waals surface area contributed by atoms with Crippen LogP contribution in [0.4, 0.5) is 4.79 Å². The molecule has 1 aliphatic carbocycles. The van der Waals surface area contributed by atoms with Gasteiger partial charge in [0.2, 0.25) is 0 Å². The fourth-order valence-corrected chi connectivity index (χ4v) is 3.78. The van der Waals surface area contributed by atoms with Crippen LogP contribution in [0.1, 0.15) is 73.1 Å². The molecular weight excluding hydrogens is 276 g/mol. The lowest BCUT2D eigenvalue weighted by atomic mass is 9.84. The van der Waals surface area contributed by atoms with Gasteiger partial charge in [0.05, 0.1) is 0 Å². The van der Waals surface area contributed by atoms with E-state index in [1.54, 1.807) is 0 Å². The maximum Gasteiger partial charge on any atom is 0.410 e. The van der Waals surface area contributed by atoms with Gasteiger partial charge in [-0.3, -0.25) is 0 Å². The first kappa shape index (κ1) is 17.6. The molecule has 4 unspecified atom stereocenters. The van der Waals surface area contributed by atoms with E-state index in [9.17, 15) is 4.79 Å². The van der Waals surface area contributed by atoms with Crippen LogP contribution in [-0.2, 0) is 4.74 Å². The van der Waals surface area contributed by atoms with Crippen LogP contribution in [0.3, 0.4) is 0 Å². The van der Waals surface area contributed by atoms with Crippen molar-refractivity contribution in [2.75, 3.05) is 6.54 Å². The van der Waals surface area contributed by atoms with Crippen molar-refractivity contribution in [3.8, 4) is 0 Å². The molecule has 1 N–H and O–H groups in total. The molecule has 4 atom stereocenters. The van der Waals surface area contributed by atoms with Crippen LogP contribution in [0, 0.1) is 5.92 Å². The van der Waals surface area contributed by atoms with Gasteiger partial charge < -0.3 is 15.0 Å². The van der Waals surface area contributed by atoms with E-state index < -0.39 is 5.60 Å². The van der Waals surface area contributed by atoms with E-state index in [2.05, 4.69) is 19.2 Å². The van der Waals surface area contributed by atoms with Crippen LogP contribution in [0.2, 0.25) is 0 Å². The minimum Gasteiger partial charge on any atom is -0.444 e. The Labute approximate surface area is 136 Å². The second-order valence-corrected chi connectivity index (χ2v) is 8.20. The molecule has 0 aromatic rings. The molecular formula is C18H34N2O2. The Morgan fingerprint density at radius 3 is 2.32 bits per heavy atom. The molecule has 1 aliphatic heterocycles. The van der Waals surface area contributed by atoms with Crippen molar-refractivity contribution in [1.82, 2.24) is 10.2 Å². The molecule has 1 amide bonds. The predicted octanol–water partition coefficient (Wildman–Crippen LogP) is 3.94. The summed E-state index contributed by atoms with van der Waals surface area (Å²) in [7, 11) is 0. The number of carbonyl (C=O) groups excluding carboxylic acids is 1. The summed E-state index contributed by atoms with van der Waals surface area (Å²) in [5.41, 5.74) is -0.422. The normalized spacial score (nSPS) is 33.6. The molecule has 2 aliphatic rings. The zero-order chi connectivity index (χ0) is 16.3. The minimum absolute atomic E-state index is 0.164. The van der Waals surface area contributed by atoms with Crippen molar-refractivity contribution in [3.05, 3.63) is 0 Å². The fraction of sp³-hybridized carbons (Fsp3) is 0.944. The highest BCUT2D eigenvalue weighted by Gasteiger charge is 2.35. The van der Waals surface area contributed by atoms with Gasteiger partial charge in [-0.15, -0.1) is 0 Å². The third-order valence-electron chi connectivity index (χ3n) is 5.16. The Morgan fingerprint density at radius 1 is 1.05 bits per heavy atom. The predicted molar refractivity (Wildman–Crippen MR) is 90.0 cm³/mol. The van der Waals surface area contributed by atoms with E-state index in [0.717, 1.165) is 25.3 Å². The number of carbonyl (C=O) groups is 1. The minimum atomic E-state index is -0.422. The Kier molecular flexibility index (Phi) is 5.76. The lowest BCUT2D eigenvalue weighted by Gasteiger charge is -2.43. The van der Waals surface area contributed by atoms with Gasteiger partial charge in [-0.25, -0.2) is 4.79 Å². The number of likely N-dealkylation sites (tertiary alicyclic amines) is 1. The Bertz CT molecular complexity index is 378. The van der Waals surface area contributed by atoms with Crippen molar-refractivity contribution in [3.63, 3.8) is 0 Å². The molecule has 0 spiro atoms. The summed E-state index contributed by atoms with van der Waals surface area (Å²) in [6, 6.07) is 1.21. The molecule has 22 heavy (non-hydrogen) atoms. The van der Waals surface area contributed by atoms with Gasteiger partial charge in [0.1, 0.15) is 5.60 Å². The molecule has 1 heterocycles. The number of ether oxygens (including phenoxy) is 1. The highest BCUT2D eigenvalue weighted by molar-refractivity contribution is 5.68. The summed E-state index contributed by atoms with van der Waals surface area (Å²) in [6.07, 6.45) is 7.35. The van der Waals surface area contributed by atoms with E-state index >= 15 is 0 Å². The van der Waals surface area contributed by atoms with Crippen molar-refractivity contribution >= 4 is 6.09 Å². The number of rotatable bonds is 2. The molecule has 4 nitrogen and oxygen atoms in total. The van der Waals surface area contributed by atoms with Gasteiger partial charge in [-0.1, -0.05) is 19.8 Å². The topological polar surface area (TPSA) is 41.6 Å². The van der Waals surface area contributed by atoms with E-state index in [0.29, 0.717) is 12.1 Å². The lowest BCUT2D eigenvalue weighted by Crippen LogP contribution is -2.58. The average Bonchev–Trinajstić information content (AvgIpc) is 2.41. The summed E-state index contributed by atoms with van der Waals surface area (Å²) in [5, 5.41) is 3.86. The Hall–Kier alpha value is -0.770. The summed E-state index contributed by atoms with van der Waals surface area (Å²) >= 11 is 0. The van der Waals surface area contributed by atoms with E-state index in [4.69, 9.17) is 4.74 Å². The highest BCUT2D eigenvalue weighted by atomic mass is 16.6. The molecule has 128 valence electrons. The standard InChI is InChI=1S/C18H34N2O2/c1-13-9-6-7-10-15(13)19-16-11-8-12-20(14(16)2)17(21)22-18(3,4)5/h13-16,19H,6-12H2,1-5H3. The van der Waals surface area contributed by atoms with E-state index in [1.165, 1.54) is 25.7 Å². The van der Waals surface area contributed by atoms with Crippen molar-refractivity contribution in [1.29, 1.82) is 0 Å². The van der Waals surface area contributed by atoms with Gasteiger partial charge in [0.15, 0.2) is 0 Å². The van der Waals surface area contributed by atoms with Gasteiger partial charge in [-0.05, 0) is 59.3 Å². The smallest absolute Gasteiger partial charge is 0.410 e. The number of piperidine rings is 1. The van der Waals surface area contributed by atoms with Gasteiger partial charge in [0, 0.05) is 24.7 Å². The van der Waals surface area contributed by atoms with Crippen LogP contribution >= 0.6 is 0 Å². The van der Waals surface area contributed by atoms with Crippen LogP contribution in [-0.4, -0.2) is 41.3 Å². The van der Waals surface area contributed by atoms with Gasteiger partial charge in [-0.2, -0.15) is 0 Å². The van der Waals surface area contributed by atoms with Crippen LogP contribution in [0.25, 0.3) is 0 Å². The van der Waals surface area contributed by atoms with Crippen LogP contribution in [0.15, 0.2) is 0 Å². The Morgan fingerprint density at radius 2 is 1.68 bits per heavy atom. The largest absolute Gasteiger partial charge is 0.444 e. The van der Waals surface area contributed by atoms with Crippen LogP contribution in [0.5, 0.6) is 0 Å². The molecule has 1 saturated heterocycles. The molecule has 1 saturated carbocycles. The second-order valence-electron chi connectivity index (χ2n) is 8.20. The SMILES string of the molecule is CC1CCCCC1NC1CCCN(C(=O)OC(C)(C)C)C1C. The number of nitrogens with one attached hydrogen (secondary N) is 1. The summed E-state index contributed by atoms with van der Waals surface area (Å²) in [5.74, 6) is 0.748. The zero-order valence-corrected chi connectivity index (χ0v) is 15.0. The Balaban J connectivity index is 1.94. The number of amides is 1. The first-order valence-electron chi connectivity index (χ1n) is 9.03. The van der Waals surface area contributed by atoms with Crippen molar-refractivity contribution < 1.29 is 9.53 Å². The number of nitrogens with zero attached hydrogens (tertiary/aromatic N) is 1. The number of hydrogen-bond donors (Lipinski definition) is 1.